The zero-order valence-electron chi connectivity index (χ0n) is 8.88. The molecule has 0 radical (unpaired) electrons. The molecule has 0 amide bonds. The summed E-state index contributed by atoms with van der Waals surface area (Å²) >= 11 is 0. The van der Waals surface area contributed by atoms with Crippen LogP contribution in [0.3, 0.4) is 0 Å². The Morgan fingerprint density at radius 1 is 1.62 bits per heavy atom. The van der Waals surface area contributed by atoms with Crippen LogP contribution in [0.2, 0.25) is 0 Å². The van der Waals surface area contributed by atoms with Gasteiger partial charge in [0.05, 0.1) is 6.26 Å². The molecular weight excluding hydrogens is 208 g/mol. The van der Waals surface area contributed by atoms with Crippen LogP contribution in [-0.4, -0.2) is 20.9 Å². The van der Waals surface area contributed by atoms with Gasteiger partial charge >= 0.3 is 5.97 Å². The molecular formula is C11H12N2O3. The molecule has 0 aliphatic carbocycles. The summed E-state index contributed by atoms with van der Waals surface area (Å²) in [7, 11) is 0. The SMILES string of the molecule is CCCn1cc(C(=O)O)c(-c2ccco2)n1. The number of hydrogen-bond donors (Lipinski definition) is 1. The summed E-state index contributed by atoms with van der Waals surface area (Å²) < 4.78 is 6.79. The van der Waals surface area contributed by atoms with Crippen LogP contribution in [0.1, 0.15) is 23.7 Å². The van der Waals surface area contributed by atoms with E-state index in [1.165, 1.54) is 12.5 Å². The highest BCUT2D eigenvalue weighted by Gasteiger charge is 2.18. The van der Waals surface area contributed by atoms with Crippen LogP contribution >= 0.6 is 0 Å². The van der Waals surface area contributed by atoms with Gasteiger partial charge in [0.2, 0.25) is 0 Å². The molecule has 0 saturated heterocycles. The lowest BCUT2D eigenvalue weighted by Crippen LogP contribution is -1.97. The zero-order chi connectivity index (χ0) is 11.5. The Morgan fingerprint density at radius 3 is 3.00 bits per heavy atom. The van der Waals surface area contributed by atoms with Crippen LogP contribution in [0.25, 0.3) is 11.5 Å². The van der Waals surface area contributed by atoms with Gasteiger partial charge in [-0.15, -0.1) is 0 Å². The maximum absolute atomic E-state index is 11.0. The van der Waals surface area contributed by atoms with Crippen molar-refractivity contribution < 1.29 is 14.3 Å². The molecule has 5 nitrogen and oxygen atoms in total. The van der Waals surface area contributed by atoms with E-state index in [2.05, 4.69) is 5.10 Å². The van der Waals surface area contributed by atoms with Gasteiger partial charge < -0.3 is 9.52 Å². The number of rotatable bonds is 4. The zero-order valence-corrected chi connectivity index (χ0v) is 8.88. The van der Waals surface area contributed by atoms with Gasteiger partial charge in [0.25, 0.3) is 0 Å². The largest absolute Gasteiger partial charge is 0.478 e. The molecule has 0 aliphatic heterocycles. The van der Waals surface area contributed by atoms with Crippen molar-refractivity contribution >= 4 is 5.97 Å². The van der Waals surface area contributed by atoms with E-state index < -0.39 is 5.97 Å². The van der Waals surface area contributed by atoms with Crippen molar-refractivity contribution in [2.45, 2.75) is 19.9 Å². The smallest absolute Gasteiger partial charge is 0.339 e. The van der Waals surface area contributed by atoms with Crippen LogP contribution in [0, 0.1) is 0 Å². The first kappa shape index (κ1) is 10.5. The van der Waals surface area contributed by atoms with Crippen molar-refractivity contribution in [3.05, 3.63) is 30.2 Å². The number of carbonyl (C=O) groups is 1. The first-order chi connectivity index (χ1) is 7.72. The molecule has 5 heteroatoms. The van der Waals surface area contributed by atoms with Gasteiger partial charge in [0.1, 0.15) is 11.3 Å². The van der Waals surface area contributed by atoms with Crippen molar-refractivity contribution in [3.8, 4) is 11.5 Å². The molecule has 0 aromatic carbocycles. The standard InChI is InChI=1S/C11H12N2O3/c1-2-5-13-7-8(11(14)15)10(12-13)9-4-3-6-16-9/h3-4,6-7H,2,5H2,1H3,(H,14,15). The van der Waals surface area contributed by atoms with Crippen molar-refractivity contribution in [2.75, 3.05) is 0 Å². The topological polar surface area (TPSA) is 68.3 Å². The summed E-state index contributed by atoms with van der Waals surface area (Å²) in [6.45, 7) is 2.70. The predicted octanol–water partition coefficient (Wildman–Crippen LogP) is 2.25. The summed E-state index contributed by atoms with van der Waals surface area (Å²) in [6.07, 6.45) is 3.93. The maximum Gasteiger partial charge on any atom is 0.339 e. The van der Waals surface area contributed by atoms with Gasteiger partial charge in [0.15, 0.2) is 5.76 Å². The molecule has 2 aromatic heterocycles. The Kier molecular flexibility index (Phi) is 2.76. The molecule has 0 spiro atoms. The van der Waals surface area contributed by atoms with E-state index >= 15 is 0 Å². The minimum Gasteiger partial charge on any atom is -0.478 e. The lowest BCUT2D eigenvalue weighted by atomic mass is 10.2. The summed E-state index contributed by atoms with van der Waals surface area (Å²) in [5.74, 6) is -0.513. The monoisotopic (exact) mass is 220 g/mol. The number of aryl methyl sites for hydroxylation is 1. The summed E-state index contributed by atoms with van der Waals surface area (Å²) in [5.41, 5.74) is 0.550. The second-order valence-electron chi connectivity index (χ2n) is 3.44. The second kappa shape index (κ2) is 4.22. The number of carboxylic acid groups (broad SMARTS) is 1. The Balaban J connectivity index is 2.46. The van der Waals surface area contributed by atoms with E-state index in [4.69, 9.17) is 9.52 Å². The molecule has 1 N–H and O–H groups in total. The van der Waals surface area contributed by atoms with E-state index in [9.17, 15) is 4.79 Å². The van der Waals surface area contributed by atoms with Crippen LogP contribution in [0.15, 0.2) is 29.0 Å². The minimum absolute atomic E-state index is 0.170. The van der Waals surface area contributed by atoms with Crippen LogP contribution < -0.4 is 0 Å². The third-order valence-corrected chi connectivity index (χ3v) is 2.20. The maximum atomic E-state index is 11.0. The molecule has 2 aromatic rings. The van der Waals surface area contributed by atoms with Crippen molar-refractivity contribution in [3.63, 3.8) is 0 Å². The van der Waals surface area contributed by atoms with Gasteiger partial charge in [-0.05, 0) is 18.6 Å². The molecule has 84 valence electrons. The number of aromatic carboxylic acids is 1. The normalized spacial score (nSPS) is 10.6. The highest BCUT2D eigenvalue weighted by atomic mass is 16.4. The molecule has 0 aliphatic rings. The number of furan rings is 1. The summed E-state index contributed by atoms with van der Waals surface area (Å²) in [4.78, 5) is 11.0. The van der Waals surface area contributed by atoms with Gasteiger partial charge in [-0.25, -0.2) is 4.79 Å². The Morgan fingerprint density at radius 2 is 2.44 bits per heavy atom. The van der Waals surface area contributed by atoms with E-state index in [0.29, 0.717) is 18.0 Å². The molecule has 0 saturated carbocycles. The number of aromatic nitrogens is 2. The fourth-order valence-electron chi connectivity index (χ4n) is 1.52. The van der Waals surface area contributed by atoms with Crippen molar-refractivity contribution in [2.24, 2.45) is 0 Å². The lowest BCUT2D eigenvalue weighted by Gasteiger charge is -1.94. The van der Waals surface area contributed by atoms with Crippen molar-refractivity contribution in [1.29, 1.82) is 0 Å². The molecule has 0 unspecified atom stereocenters. The number of carboxylic acids is 1. The third kappa shape index (κ3) is 1.84. The van der Waals surface area contributed by atoms with Gasteiger partial charge in [-0.1, -0.05) is 6.92 Å². The third-order valence-electron chi connectivity index (χ3n) is 2.20. The molecule has 0 bridgehead atoms. The highest BCUT2D eigenvalue weighted by Crippen LogP contribution is 2.22. The highest BCUT2D eigenvalue weighted by molar-refractivity contribution is 5.93. The fourth-order valence-corrected chi connectivity index (χ4v) is 1.52. The molecule has 0 fully saturated rings. The number of nitrogens with zero attached hydrogens (tertiary/aromatic N) is 2. The Bertz CT molecular complexity index is 485. The average Bonchev–Trinajstić information content (AvgIpc) is 2.83. The van der Waals surface area contributed by atoms with E-state index in [1.54, 1.807) is 16.8 Å². The van der Waals surface area contributed by atoms with Gasteiger partial charge in [-0.2, -0.15) is 5.10 Å². The number of hydrogen-bond acceptors (Lipinski definition) is 3. The van der Waals surface area contributed by atoms with Crippen LogP contribution in [0.4, 0.5) is 0 Å². The first-order valence-corrected chi connectivity index (χ1v) is 5.07. The first-order valence-electron chi connectivity index (χ1n) is 5.07. The van der Waals surface area contributed by atoms with Gasteiger partial charge in [0, 0.05) is 12.7 Å². The van der Waals surface area contributed by atoms with E-state index in [-0.39, 0.29) is 5.56 Å². The molecule has 2 rings (SSSR count). The second-order valence-corrected chi connectivity index (χ2v) is 3.44. The Labute approximate surface area is 92.3 Å². The molecule has 2 heterocycles. The molecule has 16 heavy (non-hydrogen) atoms. The van der Waals surface area contributed by atoms with Crippen LogP contribution in [-0.2, 0) is 6.54 Å². The van der Waals surface area contributed by atoms with Gasteiger partial charge in [-0.3, -0.25) is 4.68 Å². The molecule has 0 atom stereocenters. The van der Waals surface area contributed by atoms with E-state index in [1.807, 2.05) is 6.92 Å². The predicted molar refractivity (Wildman–Crippen MR) is 57.2 cm³/mol. The summed E-state index contributed by atoms with van der Waals surface area (Å²) in [6, 6.07) is 3.41. The minimum atomic E-state index is -0.992. The quantitative estimate of drug-likeness (QED) is 0.858. The lowest BCUT2D eigenvalue weighted by molar-refractivity contribution is 0.0697. The Hall–Kier alpha value is -2.04. The van der Waals surface area contributed by atoms with E-state index in [0.717, 1.165) is 6.42 Å². The van der Waals surface area contributed by atoms with Crippen molar-refractivity contribution in [1.82, 2.24) is 9.78 Å². The summed E-state index contributed by atoms with van der Waals surface area (Å²) in [5, 5.41) is 13.3. The fraction of sp³-hybridized carbons (Fsp3) is 0.273. The average molecular weight is 220 g/mol. The van der Waals surface area contributed by atoms with Crippen LogP contribution in [0.5, 0.6) is 0 Å².